The maximum atomic E-state index is 3.48. The molecule has 2 aliphatic rings. The number of hydrogen-bond donors (Lipinski definition) is 1. The fraction of sp³-hybridized carbons (Fsp3) is 0.684. The second-order valence-corrected chi connectivity index (χ2v) is 7.44. The molecule has 0 atom stereocenters. The van der Waals surface area contributed by atoms with Crippen molar-refractivity contribution in [2.24, 2.45) is 11.3 Å². The van der Waals surface area contributed by atoms with Crippen molar-refractivity contribution in [1.82, 2.24) is 10.2 Å². The van der Waals surface area contributed by atoms with Gasteiger partial charge in [0.2, 0.25) is 0 Å². The van der Waals surface area contributed by atoms with Crippen LogP contribution in [0.25, 0.3) is 0 Å². The number of hydrogen-bond acceptors (Lipinski definition) is 2. The third-order valence-corrected chi connectivity index (χ3v) is 5.66. The van der Waals surface area contributed by atoms with Crippen molar-refractivity contribution in [3.05, 3.63) is 35.4 Å². The van der Waals surface area contributed by atoms with Crippen molar-refractivity contribution in [1.29, 1.82) is 0 Å². The van der Waals surface area contributed by atoms with E-state index in [2.05, 4.69) is 48.5 Å². The van der Waals surface area contributed by atoms with E-state index in [1.165, 1.54) is 51.7 Å². The Hall–Kier alpha value is -0.860. The van der Waals surface area contributed by atoms with Crippen LogP contribution in [-0.2, 0) is 13.0 Å². The Morgan fingerprint density at radius 3 is 2.62 bits per heavy atom. The number of nitrogens with one attached hydrogen (secondary N) is 1. The van der Waals surface area contributed by atoms with Crippen molar-refractivity contribution in [3.8, 4) is 0 Å². The smallest absolute Gasteiger partial charge is 0.0236 e. The predicted molar refractivity (Wildman–Crippen MR) is 89.4 cm³/mol. The Labute approximate surface area is 129 Å². The van der Waals surface area contributed by atoms with E-state index in [9.17, 15) is 0 Å². The normalized spacial score (nSPS) is 30.1. The van der Waals surface area contributed by atoms with E-state index in [-0.39, 0.29) is 0 Å². The monoisotopic (exact) mass is 286 g/mol. The molecule has 0 bridgehead atoms. The summed E-state index contributed by atoms with van der Waals surface area (Å²) in [4.78, 5) is 2.70. The molecule has 21 heavy (non-hydrogen) atoms. The highest BCUT2D eigenvalue weighted by atomic mass is 15.1. The van der Waals surface area contributed by atoms with Gasteiger partial charge < -0.3 is 5.32 Å². The predicted octanol–water partition coefficient (Wildman–Crippen LogP) is 3.46. The van der Waals surface area contributed by atoms with Gasteiger partial charge in [-0.2, -0.15) is 0 Å². The molecule has 0 amide bonds. The molecule has 116 valence electrons. The van der Waals surface area contributed by atoms with Gasteiger partial charge in [-0.25, -0.2) is 0 Å². The van der Waals surface area contributed by atoms with E-state index in [1.807, 2.05) is 0 Å². The minimum atomic E-state index is 0.507. The zero-order valence-corrected chi connectivity index (χ0v) is 13.7. The Balaban J connectivity index is 1.67. The molecule has 0 radical (unpaired) electrons. The summed E-state index contributed by atoms with van der Waals surface area (Å²) in [5.74, 6) is 0.928. The Bertz CT molecular complexity index is 460. The minimum absolute atomic E-state index is 0.507. The standard InChI is InChI=1S/C19H30N2/c1-16-7-10-19(11-8-16,14-20-2)15-21-12-9-17-5-3-4-6-18(17)13-21/h3-6,16,20H,7-15H2,1-2H3. The van der Waals surface area contributed by atoms with E-state index in [1.54, 1.807) is 11.1 Å². The van der Waals surface area contributed by atoms with Crippen molar-refractivity contribution < 1.29 is 0 Å². The number of benzene rings is 1. The van der Waals surface area contributed by atoms with Gasteiger partial charge in [0.25, 0.3) is 0 Å². The van der Waals surface area contributed by atoms with E-state index in [0.717, 1.165) is 12.5 Å². The lowest BCUT2D eigenvalue weighted by atomic mass is 9.70. The molecule has 0 saturated heterocycles. The molecule has 3 rings (SSSR count). The summed E-state index contributed by atoms with van der Waals surface area (Å²) < 4.78 is 0. The third kappa shape index (κ3) is 3.49. The van der Waals surface area contributed by atoms with E-state index >= 15 is 0 Å². The number of rotatable bonds is 4. The average molecular weight is 286 g/mol. The van der Waals surface area contributed by atoms with Gasteiger partial charge in [0, 0.05) is 26.2 Å². The quantitative estimate of drug-likeness (QED) is 0.912. The fourth-order valence-electron chi connectivity index (χ4n) is 4.30. The van der Waals surface area contributed by atoms with Gasteiger partial charge in [0.1, 0.15) is 0 Å². The van der Waals surface area contributed by atoms with Crippen molar-refractivity contribution in [3.63, 3.8) is 0 Å². The second kappa shape index (κ2) is 6.50. The molecule has 1 aromatic carbocycles. The Morgan fingerprint density at radius 1 is 1.19 bits per heavy atom. The van der Waals surface area contributed by atoms with Gasteiger partial charge in [-0.1, -0.05) is 44.0 Å². The summed E-state index contributed by atoms with van der Waals surface area (Å²) in [7, 11) is 2.12. The Kier molecular flexibility index (Phi) is 4.66. The highest BCUT2D eigenvalue weighted by Gasteiger charge is 2.35. The zero-order chi connectivity index (χ0) is 14.7. The van der Waals surface area contributed by atoms with Crippen LogP contribution in [0.15, 0.2) is 24.3 Å². The van der Waals surface area contributed by atoms with Crippen molar-refractivity contribution in [2.75, 3.05) is 26.7 Å². The lowest BCUT2D eigenvalue weighted by Gasteiger charge is -2.44. The largest absolute Gasteiger partial charge is 0.319 e. The van der Waals surface area contributed by atoms with Crippen LogP contribution in [0.5, 0.6) is 0 Å². The first-order valence-corrected chi connectivity index (χ1v) is 8.64. The summed E-state index contributed by atoms with van der Waals surface area (Å²) >= 11 is 0. The Morgan fingerprint density at radius 2 is 1.90 bits per heavy atom. The van der Waals surface area contributed by atoms with Crippen LogP contribution in [0.1, 0.15) is 43.7 Å². The lowest BCUT2D eigenvalue weighted by molar-refractivity contribution is 0.0813. The van der Waals surface area contributed by atoms with Crippen LogP contribution in [0.2, 0.25) is 0 Å². The fourth-order valence-corrected chi connectivity index (χ4v) is 4.30. The van der Waals surface area contributed by atoms with Crippen LogP contribution in [0.3, 0.4) is 0 Å². The molecule has 1 aliphatic carbocycles. The van der Waals surface area contributed by atoms with Crippen LogP contribution in [0.4, 0.5) is 0 Å². The van der Waals surface area contributed by atoms with Gasteiger partial charge in [-0.15, -0.1) is 0 Å². The van der Waals surface area contributed by atoms with Crippen molar-refractivity contribution in [2.45, 2.75) is 45.6 Å². The maximum absolute atomic E-state index is 3.48. The third-order valence-electron chi connectivity index (χ3n) is 5.66. The maximum Gasteiger partial charge on any atom is 0.0236 e. The highest BCUT2D eigenvalue weighted by Crippen LogP contribution is 2.39. The molecule has 1 aromatic rings. The number of fused-ring (bicyclic) bond motifs is 1. The van der Waals surface area contributed by atoms with Gasteiger partial charge in [0.05, 0.1) is 0 Å². The molecule has 1 heterocycles. The van der Waals surface area contributed by atoms with E-state index in [0.29, 0.717) is 5.41 Å². The summed E-state index contributed by atoms with van der Waals surface area (Å²) in [5, 5.41) is 3.48. The summed E-state index contributed by atoms with van der Waals surface area (Å²) in [6, 6.07) is 8.99. The SMILES string of the molecule is CNCC1(CN2CCc3ccccc3C2)CCC(C)CC1. The topological polar surface area (TPSA) is 15.3 Å². The molecule has 0 spiro atoms. The summed E-state index contributed by atoms with van der Waals surface area (Å²) in [6.07, 6.45) is 6.83. The van der Waals surface area contributed by atoms with Gasteiger partial charge in [-0.3, -0.25) is 4.90 Å². The molecule has 2 heteroatoms. The molecule has 0 unspecified atom stereocenters. The molecular weight excluding hydrogens is 256 g/mol. The van der Waals surface area contributed by atoms with Crippen LogP contribution < -0.4 is 5.32 Å². The molecule has 0 aromatic heterocycles. The first kappa shape index (κ1) is 15.1. The lowest BCUT2D eigenvalue weighted by Crippen LogP contribution is -2.46. The second-order valence-electron chi connectivity index (χ2n) is 7.44. The molecule has 1 N–H and O–H groups in total. The first-order valence-electron chi connectivity index (χ1n) is 8.64. The molecule has 2 nitrogen and oxygen atoms in total. The van der Waals surface area contributed by atoms with Gasteiger partial charge >= 0.3 is 0 Å². The van der Waals surface area contributed by atoms with Crippen LogP contribution in [-0.4, -0.2) is 31.6 Å². The average Bonchev–Trinajstić information content (AvgIpc) is 2.51. The highest BCUT2D eigenvalue weighted by molar-refractivity contribution is 5.29. The van der Waals surface area contributed by atoms with Crippen molar-refractivity contribution >= 4 is 0 Å². The minimum Gasteiger partial charge on any atom is -0.319 e. The van der Waals surface area contributed by atoms with E-state index < -0.39 is 0 Å². The van der Waals surface area contributed by atoms with E-state index in [4.69, 9.17) is 0 Å². The van der Waals surface area contributed by atoms with Gasteiger partial charge in [0.15, 0.2) is 0 Å². The van der Waals surface area contributed by atoms with Crippen LogP contribution in [0, 0.1) is 11.3 Å². The van der Waals surface area contributed by atoms with Gasteiger partial charge in [-0.05, 0) is 48.8 Å². The molecule has 1 fully saturated rings. The first-order chi connectivity index (χ1) is 10.2. The molecule has 1 aliphatic heterocycles. The molecular formula is C19H30N2. The van der Waals surface area contributed by atoms with Crippen LogP contribution >= 0.6 is 0 Å². The number of nitrogens with zero attached hydrogens (tertiary/aromatic N) is 1. The summed E-state index contributed by atoms with van der Waals surface area (Å²) in [5.41, 5.74) is 3.62. The molecule has 1 saturated carbocycles. The zero-order valence-electron chi connectivity index (χ0n) is 13.7. The summed E-state index contributed by atoms with van der Waals surface area (Å²) in [6.45, 7) is 7.25.